The van der Waals surface area contributed by atoms with E-state index in [1.165, 1.54) is 11.1 Å². The Bertz CT molecular complexity index is 568. The van der Waals surface area contributed by atoms with Crippen LogP contribution in [0.1, 0.15) is 11.1 Å². The fourth-order valence-electron chi connectivity index (χ4n) is 1.48. The Kier molecular flexibility index (Phi) is 5.92. The van der Waals surface area contributed by atoms with Gasteiger partial charge < -0.3 is 10.8 Å². The number of hydrogen-bond donors (Lipinski definition) is 2. The minimum absolute atomic E-state index is 0.581. The van der Waals surface area contributed by atoms with Crippen molar-refractivity contribution in [2.45, 2.75) is 19.3 Å². The van der Waals surface area contributed by atoms with E-state index in [1.807, 2.05) is 29.1 Å². The van der Waals surface area contributed by atoms with Crippen molar-refractivity contribution < 1.29 is 23.1 Å². The van der Waals surface area contributed by atoms with Crippen molar-refractivity contribution in [3.63, 3.8) is 0 Å². The Hall–Kier alpha value is -2.35. The maximum absolute atomic E-state index is 10.6. The van der Waals surface area contributed by atoms with E-state index in [0.717, 1.165) is 6.54 Å². The van der Waals surface area contributed by atoms with Gasteiger partial charge in [-0.1, -0.05) is 24.3 Å². The first-order valence-corrected chi connectivity index (χ1v) is 5.89. The second-order valence-electron chi connectivity index (χ2n) is 3.98. The number of benzene rings is 1. The highest BCUT2D eigenvalue weighted by Crippen LogP contribution is 2.13. The summed E-state index contributed by atoms with van der Waals surface area (Å²) in [6.07, 6.45) is -1.35. The summed E-state index contributed by atoms with van der Waals surface area (Å²) in [5, 5.41) is 11.3. The molecule has 0 amide bonds. The quantitative estimate of drug-likeness (QED) is 0.909. The molecule has 0 saturated carbocycles. The van der Waals surface area contributed by atoms with Gasteiger partial charge in [0.25, 0.3) is 0 Å². The van der Waals surface area contributed by atoms with Gasteiger partial charge in [-0.2, -0.15) is 18.3 Å². The van der Waals surface area contributed by atoms with Gasteiger partial charge in [-0.15, -0.1) is 0 Å². The lowest BCUT2D eigenvalue weighted by Crippen LogP contribution is -2.21. The summed E-state index contributed by atoms with van der Waals surface area (Å²) >= 11 is 0. The van der Waals surface area contributed by atoms with Crippen LogP contribution in [-0.2, 0) is 17.9 Å². The molecule has 1 heterocycles. The van der Waals surface area contributed by atoms with E-state index in [-0.39, 0.29) is 0 Å². The lowest BCUT2D eigenvalue weighted by molar-refractivity contribution is -0.192. The van der Waals surface area contributed by atoms with Gasteiger partial charge in [-0.25, -0.2) is 4.79 Å². The standard InChI is InChI=1S/C11H13N3.C2HF3O2/c12-8-10-4-1-2-5-11(10)9-14-7-3-6-13-14;3-2(4,5)1(6)7/h1-7H,8-9,12H2;(H,6,7). The molecule has 0 unspecified atom stereocenters. The van der Waals surface area contributed by atoms with Crippen molar-refractivity contribution in [2.24, 2.45) is 5.73 Å². The van der Waals surface area contributed by atoms with Crippen molar-refractivity contribution in [3.05, 3.63) is 53.9 Å². The summed E-state index contributed by atoms with van der Waals surface area (Å²) in [5.74, 6) is -2.76. The number of carboxylic acid groups (broad SMARTS) is 1. The third kappa shape index (κ3) is 5.65. The predicted octanol–water partition coefficient (Wildman–Crippen LogP) is 2.02. The molecular formula is C13H14F3N3O2. The van der Waals surface area contributed by atoms with Crippen molar-refractivity contribution >= 4 is 5.97 Å². The predicted molar refractivity (Wildman–Crippen MR) is 69.4 cm³/mol. The molecule has 1 aromatic carbocycles. The Labute approximate surface area is 118 Å². The van der Waals surface area contributed by atoms with Crippen LogP contribution in [0.5, 0.6) is 0 Å². The SMILES string of the molecule is NCc1ccccc1Cn1cccn1.O=C(O)C(F)(F)F. The number of aliphatic carboxylic acids is 1. The molecule has 2 aromatic rings. The van der Waals surface area contributed by atoms with Crippen LogP contribution in [-0.4, -0.2) is 27.0 Å². The van der Waals surface area contributed by atoms with Gasteiger partial charge in [0.05, 0.1) is 6.54 Å². The number of alkyl halides is 3. The molecule has 21 heavy (non-hydrogen) atoms. The van der Waals surface area contributed by atoms with E-state index in [9.17, 15) is 13.2 Å². The third-order valence-corrected chi connectivity index (χ3v) is 2.47. The molecule has 0 saturated heterocycles. The summed E-state index contributed by atoms with van der Waals surface area (Å²) in [6.45, 7) is 1.37. The van der Waals surface area contributed by atoms with Crippen LogP contribution in [0.3, 0.4) is 0 Å². The minimum Gasteiger partial charge on any atom is -0.475 e. The summed E-state index contributed by atoms with van der Waals surface area (Å²) in [4.78, 5) is 8.90. The van der Waals surface area contributed by atoms with E-state index < -0.39 is 12.1 Å². The molecule has 0 aliphatic heterocycles. The number of nitrogens with zero attached hydrogens (tertiary/aromatic N) is 2. The van der Waals surface area contributed by atoms with Crippen LogP contribution in [0.4, 0.5) is 13.2 Å². The summed E-state index contributed by atoms with van der Waals surface area (Å²) in [5.41, 5.74) is 8.07. The number of halogens is 3. The first-order valence-electron chi connectivity index (χ1n) is 5.89. The molecule has 0 bridgehead atoms. The minimum atomic E-state index is -5.08. The largest absolute Gasteiger partial charge is 0.490 e. The molecule has 1 aromatic heterocycles. The fraction of sp³-hybridized carbons (Fsp3) is 0.231. The zero-order valence-electron chi connectivity index (χ0n) is 10.9. The monoisotopic (exact) mass is 301 g/mol. The van der Waals surface area contributed by atoms with Crippen LogP contribution in [0.15, 0.2) is 42.7 Å². The van der Waals surface area contributed by atoms with Crippen LogP contribution >= 0.6 is 0 Å². The molecule has 0 atom stereocenters. The zero-order valence-corrected chi connectivity index (χ0v) is 10.9. The van der Waals surface area contributed by atoms with E-state index >= 15 is 0 Å². The van der Waals surface area contributed by atoms with E-state index in [0.29, 0.717) is 6.54 Å². The molecule has 5 nitrogen and oxygen atoms in total. The van der Waals surface area contributed by atoms with Gasteiger partial charge in [-0.3, -0.25) is 4.68 Å². The van der Waals surface area contributed by atoms with Crippen LogP contribution in [0.2, 0.25) is 0 Å². The number of hydrogen-bond acceptors (Lipinski definition) is 3. The highest BCUT2D eigenvalue weighted by atomic mass is 19.4. The Morgan fingerprint density at radius 3 is 2.24 bits per heavy atom. The van der Waals surface area contributed by atoms with Crippen molar-refractivity contribution in [1.82, 2.24) is 9.78 Å². The maximum Gasteiger partial charge on any atom is 0.490 e. The first-order chi connectivity index (χ1) is 9.84. The molecule has 0 aliphatic rings. The lowest BCUT2D eigenvalue weighted by Gasteiger charge is -2.07. The number of carbonyl (C=O) groups is 1. The Morgan fingerprint density at radius 1 is 1.24 bits per heavy atom. The van der Waals surface area contributed by atoms with E-state index in [1.54, 1.807) is 6.20 Å². The summed E-state index contributed by atoms with van der Waals surface area (Å²) < 4.78 is 33.6. The average molecular weight is 301 g/mol. The van der Waals surface area contributed by atoms with Crippen molar-refractivity contribution in [2.75, 3.05) is 0 Å². The molecule has 3 N–H and O–H groups in total. The number of nitrogens with two attached hydrogens (primary N) is 1. The number of carboxylic acids is 1. The zero-order chi connectivity index (χ0) is 15.9. The van der Waals surface area contributed by atoms with Gasteiger partial charge in [0.1, 0.15) is 0 Å². The molecule has 0 radical (unpaired) electrons. The molecule has 0 fully saturated rings. The second-order valence-corrected chi connectivity index (χ2v) is 3.98. The topological polar surface area (TPSA) is 81.1 Å². The lowest BCUT2D eigenvalue weighted by atomic mass is 10.1. The molecular weight excluding hydrogens is 287 g/mol. The highest BCUT2D eigenvalue weighted by Gasteiger charge is 2.38. The van der Waals surface area contributed by atoms with Gasteiger partial charge in [0.15, 0.2) is 0 Å². The van der Waals surface area contributed by atoms with Gasteiger partial charge in [0, 0.05) is 18.9 Å². The fourth-order valence-corrected chi connectivity index (χ4v) is 1.48. The van der Waals surface area contributed by atoms with E-state index in [4.69, 9.17) is 15.6 Å². The van der Waals surface area contributed by atoms with Crippen LogP contribution < -0.4 is 5.73 Å². The maximum atomic E-state index is 10.6. The normalized spacial score (nSPS) is 10.7. The van der Waals surface area contributed by atoms with Gasteiger partial charge in [0.2, 0.25) is 0 Å². The number of rotatable bonds is 3. The summed E-state index contributed by atoms with van der Waals surface area (Å²) in [7, 11) is 0. The number of aromatic nitrogens is 2. The molecule has 0 spiro atoms. The van der Waals surface area contributed by atoms with Gasteiger partial charge in [-0.05, 0) is 17.2 Å². The van der Waals surface area contributed by atoms with E-state index in [2.05, 4.69) is 17.2 Å². The second kappa shape index (κ2) is 7.44. The molecule has 2 rings (SSSR count). The third-order valence-electron chi connectivity index (χ3n) is 2.47. The van der Waals surface area contributed by atoms with Crippen LogP contribution in [0.25, 0.3) is 0 Å². The first kappa shape index (κ1) is 16.7. The smallest absolute Gasteiger partial charge is 0.475 e. The van der Waals surface area contributed by atoms with Crippen molar-refractivity contribution in [3.8, 4) is 0 Å². The van der Waals surface area contributed by atoms with Crippen molar-refractivity contribution in [1.29, 1.82) is 0 Å². The molecule has 0 aliphatic carbocycles. The highest BCUT2D eigenvalue weighted by molar-refractivity contribution is 5.73. The summed E-state index contributed by atoms with van der Waals surface area (Å²) in [6, 6.07) is 10.1. The molecule has 114 valence electrons. The average Bonchev–Trinajstić information content (AvgIpc) is 2.92. The van der Waals surface area contributed by atoms with Crippen LogP contribution in [0, 0.1) is 0 Å². The van der Waals surface area contributed by atoms with Gasteiger partial charge >= 0.3 is 12.1 Å². The Balaban J connectivity index is 0.000000270. The Morgan fingerprint density at radius 2 is 1.81 bits per heavy atom. The molecule has 8 heteroatoms.